The Morgan fingerprint density at radius 1 is 1.12 bits per heavy atom. The molecular formula is C20H17F3N4O5. The van der Waals surface area contributed by atoms with Crippen LogP contribution in [-0.4, -0.2) is 45.1 Å². The Labute approximate surface area is 178 Å². The quantitative estimate of drug-likeness (QED) is 0.409. The van der Waals surface area contributed by atoms with Crippen LogP contribution in [0.25, 0.3) is 10.9 Å². The predicted octanol–water partition coefficient (Wildman–Crippen LogP) is 2.35. The van der Waals surface area contributed by atoms with Crippen LogP contribution < -0.4 is 15.4 Å². The Hall–Kier alpha value is -4.09. The average Bonchev–Trinajstić information content (AvgIpc) is 3.13. The molecule has 32 heavy (non-hydrogen) atoms. The summed E-state index contributed by atoms with van der Waals surface area (Å²) in [5.41, 5.74) is -1.68. The number of amides is 2. The van der Waals surface area contributed by atoms with Gasteiger partial charge in [-0.2, -0.15) is 5.10 Å². The lowest BCUT2D eigenvalue weighted by atomic mass is 9.98. The van der Waals surface area contributed by atoms with E-state index in [9.17, 15) is 32.7 Å². The van der Waals surface area contributed by atoms with Crippen LogP contribution in [0, 0.1) is 0 Å². The van der Waals surface area contributed by atoms with Gasteiger partial charge in [-0.25, -0.2) is 4.79 Å². The van der Waals surface area contributed by atoms with Crippen molar-refractivity contribution in [3.8, 4) is 5.75 Å². The molecule has 0 saturated carbocycles. The zero-order valence-electron chi connectivity index (χ0n) is 16.5. The van der Waals surface area contributed by atoms with E-state index in [1.165, 1.54) is 30.5 Å². The van der Waals surface area contributed by atoms with Crippen LogP contribution in [0.1, 0.15) is 22.8 Å². The number of halogens is 3. The first-order chi connectivity index (χ1) is 15.0. The molecule has 0 radical (unpaired) electrons. The second-order valence-corrected chi connectivity index (χ2v) is 6.89. The van der Waals surface area contributed by atoms with Crippen molar-refractivity contribution in [1.29, 1.82) is 0 Å². The molecule has 0 aliphatic heterocycles. The summed E-state index contributed by atoms with van der Waals surface area (Å²) in [7, 11) is 0. The number of aromatic nitrogens is 2. The monoisotopic (exact) mass is 450 g/mol. The molecular weight excluding hydrogens is 433 g/mol. The normalized spacial score (nSPS) is 13.2. The largest absolute Gasteiger partial charge is 0.573 e. The number of nitrogens with one attached hydrogen (secondary N) is 3. The minimum Gasteiger partial charge on any atom is -0.478 e. The van der Waals surface area contributed by atoms with Crippen molar-refractivity contribution in [3.05, 3.63) is 59.8 Å². The first-order valence-corrected chi connectivity index (χ1v) is 9.10. The maximum absolute atomic E-state index is 12.8. The van der Waals surface area contributed by atoms with Gasteiger partial charge in [-0.1, -0.05) is 18.2 Å². The Balaban J connectivity index is 1.93. The number of benzene rings is 2. The zero-order chi connectivity index (χ0) is 23.5. The minimum absolute atomic E-state index is 0.0622. The van der Waals surface area contributed by atoms with Gasteiger partial charge in [0, 0.05) is 24.3 Å². The standard InChI is InChI=1S/C20H17F3N4O5/c1-11(28)25-19(18(30)31,9-12-3-2-4-15(7-12)32-20(21,22)23)26-17(29)13-5-6-14-10-24-27-16(14)8-13/h2-8,10H,9H2,1H3,(H,24,27)(H,25,28)(H,26,29)(H,30,31). The third-order valence-electron chi connectivity index (χ3n) is 4.39. The van der Waals surface area contributed by atoms with E-state index in [0.29, 0.717) is 5.52 Å². The van der Waals surface area contributed by atoms with E-state index in [2.05, 4.69) is 25.6 Å². The van der Waals surface area contributed by atoms with Crippen molar-refractivity contribution in [2.24, 2.45) is 0 Å². The molecule has 3 rings (SSSR count). The van der Waals surface area contributed by atoms with Crippen molar-refractivity contribution >= 4 is 28.7 Å². The highest BCUT2D eigenvalue weighted by atomic mass is 19.4. The lowest BCUT2D eigenvalue weighted by Crippen LogP contribution is -2.66. The highest BCUT2D eigenvalue weighted by molar-refractivity contribution is 6.01. The number of carbonyl (C=O) groups excluding carboxylic acids is 2. The van der Waals surface area contributed by atoms with Crippen LogP contribution in [0.15, 0.2) is 48.7 Å². The Kier molecular flexibility index (Phi) is 6.05. The van der Waals surface area contributed by atoms with Crippen LogP contribution in [-0.2, 0) is 16.0 Å². The fourth-order valence-electron chi connectivity index (χ4n) is 3.11. The summed E-state index contributed by atoms with van der Waals surface area (Å²) in [6, 6.07) is 9.04. The van der Waals surface area contributed by atoms with Gasteiger partial charge >= 0.3 is 12.3 Å². The van der Waals surface area contributed by atoms with Gasteiger partial charge in [-0.15, -0.1) is 13.2 Å². The third kappa shape index (κ3) is 5.33. The number of aromatic amines is 1. The second kappa shape index (κ2) is 8.57. The van der Waals surface area contributed by atoms with Crippen molar-refractivity contribution < 1.29 is 37.4 Å². The summed E-state index contributed by atoms with van der Waals surface area (Å²) in [5.74, 6) is -3.81. The maximum Gasteiger partial charge on any atom is 0.573 e. The molecule has 0 aliphatic carbocycles. The number of nitrogens with zero attached hydrogens (tertiary/aromatic N) is 1. The molecule has 12 heteroatoms. The molecule has 0 spiro atoms. The molecule has 1 aromatic heterocycles. The first kappa shape index (κ1) is 22.6. The molecule has 1 heterocycles. The van der Waals surface area contributed by atoms with Crippen LogP contribution in [0.4, 0.5) is 13.2 Å². The highest BCUT2D eigenvalue weighted by Gasteiger charge is 2.42. The number of rotatable bonds is 7. The van der Waals surface area contributed by atoms with Crippen LogP contribution in [0.5, 0.6) is 5.75 Å². The zero-order valence-corrected chi connectivity index (χ0v) is 16.5. The van der Waals surface area contributed by atoms with Gasteiger partial charge in [-0.3, -0.25) is 14.7 Å². The lowest BCUT2D eigenvalue weighted by molar-refractivity contribution is -0.274. The number of ether oxygens (including phenoxy) is 1. The van der Waals surface area contributed by atoms with E-state index in [1.807, 2.05) is 0 Å². The number of H-pyrrole nitrogens is 1. The van der Waals surface area contributed by atoms with Crippen molar-refractivity contribution in [1.82, 2.24) is 20.8 Å². The van der Waals surface area contributed by atoms with Crippen molar-refractivity contribution in [2.45, 2.75) is 25.4 Å². The molecule has 0 aliphatic rings. The summed E-state index contributed by atoms with van der Waals surface area (Å²) in [4.78, 5) is 36.7. The fourth-order valence-corrected chi connectivity index (χ4v) is 3.11. The molecule has 2 aromatic carbocycles. The molecule has 0 fully saturated rings. The number of fused-ring (bicyclic) bond motifs is 1. The van der Waals surface area contributed by atoms with Gasteiger partial charge in [0.25, 0.3) is 5.91 Å². The fraction of sp³-hybridized carbons (Fsp3) is 0.200. The summed E-state index contributed by atoms with van der Waals surface area (Å²) >= 11 is 0. The van der Waals surface area contributed by atoms with E-state index in [1.54, 1.807) is 6.07 Å². The summed E-state index contributed by atoms with van der Waals surface area (Å²) in [5, 5.41) is 21.6. The van der Waals surface area contributed by atoms with Crippen LogP contribution in [0.3, 0.4) is 0 Å². The van der Waals surface area contributed by atoms with E-state index >= 15 is 0 Å². The summed E-state index contributed by atoms with van der Waals surface area (Å²) in [6.07, 6.45) is -3.97. The molecule has 168 valence electrons. The number of carboxylic acids is 1. The maximum atomic E-state index is 12.8. The van der Waals surface area contributed by atoms with Gasteiger partial charge in [0.2, 0.25) is 11.6 Å². The highest BCUT2D eigenvalue weighted by Crippen LogP contribution is 2.25. The topological polar surface area (TPSA) is 133 Å². The average molecular weight is 450 g/mol. The van der Waals surface area contributed by atoms with Gasteiger partial charge in [-0.05, 0) is 29.8 Å². The lowest BCUT2D eigenvalue weighted by Gasteiger charge is -2.31. The van der Waals surface area contributed by atoms with Crippen molar-refractivity contribution in [3.63, 3.8) is 0 Å². The number of carboxylic acid groups (broad SMARTS) is 1. The number of hydrogen-bond donors (Lipinski definition) is 4. The van der Waals surface area contributed by atoms with Gasteiger partial charge in [0.15, 0.2) is 0 Å². The summed E-state index contributed by atoms with van der Waals surface area (Å²) in [6.45, 7) is 1.05. The van der Waals surface area contributed by atoms with E-state index in [0.717, 1.165) is 24.4 Å². The first-order valence-electron chi connectivity index (χ1n) is 9.10. The van der Waals surface area contributed by atoms with Crippen LogP contribution >= 0.6 is 0 Å². The molecule has 1 atom stereocenters. The number of carbonyl (C=O) groups is 3. The van der Waals surface area contributed by atoms with Gasteiger partial charge in [0.05, 0.1) is 11.7 Å². The molecule has 9 nitrogen and oxygen atoms in total. The molecule has 0 saturated heterocycles. The molecule has 4 N–H and O–H groups in total. The Morgan fingerprint density at radius 3 is 2.53 bits per heavy atom. The number of aliphatic carboxylic acids is 1. The van der Waals surface area contributed by atoms with Gasteiger partial charge in [0.1, 0.15) is 5.75 Å². The van der Waals surface area contributed by atoms with Gasteiger partial charge < -0.3 is 20.5 Å². The van der Waals surface area contributed by atoms with Crippen LogP contribution in [0.2, 0.25) is 0 Å². The predicted molar refractivity (Wildman–Crippen MR) is 105 cm³/mol. The minimum atomic E-state index is -4.94. The van der Waals surface area contributed by atoms with Crippen molar-refractivity contribution in [2.75, 3.05) is 0 Å². The molecule has 0 bridgehead atoms. The number of alkyl halides is 3. The second-order valence-electron chi connectivity index (χ2n) is 6.89. The Morgan fingerprint density at radius 2 is 1.88 bits per heavy atom. The molecule has 2 amide bonds. The molecule has 1 unspecified atom stereocenters. The van der Waals surface area contributed by atoms with E-state index < -0.39 is 42.0 Å². The number of hydrogen-bond acceptors (Lipinski definition) is 5. The third-order valence-corrected chi connectivity index (χ3v) is 4.39. The SMILES string of the molecule is CC(=O)NC(Cc1cccc(OC(F)(F)F)c1)(NC(=O)c1ccc2cn[nH]c2c1)C(=O)O. The smallest absolute Gasteiger partial charge is 0.478 e. The molecule has 3 aromatic rings. The summed E-state index contributed by atoms with van der Waals surface area (Å²) < 4.78 is 41.4. The Bertz CT molecular complexity index is 1180. The van der Waals surface area contributed by atoms with E-state index in [-0.39, 0.29) is 11.1 Å². The van der Waals surface area contributed by atoms with E-state index in [4.69, 9.17) is 0 Å².